The van der Waals surface area contributed by atoms with Gasteiger partial charge < -0.3 is 10.5 Å². The minimum atomic E-state index is 0.543. The summed E-state index contributed by atoms with van der Waals surface area (Å²) in [5.74, 6) is 0. The Labute approximate surface area is 75.8 Å². The average molecular weight is 187 g/mol. The molecule has 1 rings (SSSR count). The van der Waals surface area contributed by atoms with E-state index in [1.165, 1.54) is 11.3 Å². The zero-order valence-electron chi connectivity index (χ0n) is 7.12. The van der Waals surface area contributed by atoms with Crippen molar-refractivity contribution < 1.29 is 4.74 Å². The van der Waals surface area contributed by atoms with Gasteiger partial charge in [0.1, 0.15) is 5.01 Å². The number of rotatable bonds is 5. The molecule has 5 heteroatoms. The van der Waals surface area contributed by atoms with Crippen LogP contribution in [0.2, 0.25) is 0 Å². The van der Waals surface area contributed by atoms with Crippen LogP contribution in [0, 0.1) is 0 Å². The second-order valence-corrected chi connectivity index (χ2v) is 3.43. The van der Waals surface area contributed by atoms with Gasteiger partial charge in [0.2, 0.25) is 5.13 Å². The SMILES string of the molecule is CCOCCCc1nnc(N)s1. The fraction of sp³-hybridized carbons (Fsp3) is 0.714. The number of nitrogen functional groups attached to an aromatic ring is 1. The van der Waals surface area contributed by atoms with Crippen LogP contribution in [-0.4, -0.2) is 23.4 Å². The van der Waals surface area contributed by atoms with Crippen LogP contribution >= 0.6 is 11.3 Å². The van der Waals surface area contributed by atoms with E-state index in [1.54, 1.807) is 0 Å². The summed E-state index contributed by atoms with van der Waals surface area (Å²) in [4.78, 5) is 0. The highest BCUT2D eigenvalue weighted by atomic mass is 32.1. The summed E-state index contributed by atoms with van der Waals surface area (Å²) in [5, 5.41) is 9.16. The van der Waals surface area contributed by atoms with Crippen LogP contribution < -0.4 is 5.73 Å². The zero-order chi connectivity index (χ0) is 8.81. The van der Waals surface area contributed by atoms with E-state index in [-0.39, 0.29) is 0 Å². The molecule has 0 aromatic carbocycles. The summed E-state index contributed by atoms with van der Waals surface area (Å²) in [6, 6.07) is 0. The van der Waals surface area contributed by atoms with Crippen LogP contribution in [0.4, 0.5) is 5.13 Å². The maximum Gasteiger partial charge on any atom is 0.203 e. The van der Waals surface area contributed by atoms with Gasteiger partial charge in [0, 0.05) is 19.6 Å². The van der Waals surface area contributed by atoms with Gasteiger partial charge in [0.15, 0.2) is 0 Å². The van der Waals surface area contributed by atoms with E-state index in [2.05, 4.69) is 10.2 Å². The lowest BCUT2D eigenvalue weighted by atomic mass is 10.3. The third-order valence-electron chi connectivity index (χ3n) is 1.37. The number of aryl methyl sites for hydroxylation is 1. The first kappa shape index (κ1) is 9.41. The van der Waals surface area contributed by atoms with E-state index < -0.39 is 0 Å². The first-order valence-electron chi connectivity index (χ1n) is 3.98. The normalized spacial score (nSPS) is 10.4. The first-order valence-corrected chi connectivity index (χ1v) is 4.80. The maximum atomic E-state index is 5.42. The van der Waals surface area contributed by atoms with Gasteiger partial charge in [-0.2, -0.15) is 0 Å². The van der Waals surface area contributed by atoms with Gasteiger partial charge in [0.25, 0.3) is 0 Å². The maximum absolute atomic E-state index is 5.42. The number of nitrogens with two attached hydrogens (primary N) is 1. The highest BCUT2D eigenvalue weighted by molar-refractivity contribution is 7.15. The molecule has 0 fully saturated rings. The molecule has 12 heavy (non-hydrogen) atoms. The van der Waals surface area contributed by atoms with E-state index in [1.807, 2.05) is 6.92 Å². The molecule has 0 saturated heterocycles. The Balaban J connectivity index is 2.15. The summed E-state index contributed by atoms with van der Waals surface area (Å²) in [7, 11) is 0. The summed E-state index contributed by atoms with van der Waals surface area (Å²) in [6.45, 7) is 3.55. The number of aromatic nitrogens is 2. The molecule has 1 aromatic heterocycles. The number of hydrogen-bond donors (Lipinski definition) is 1. The van der Waals surface area contributed by atoms with Crippen molar-refractivity contribution in [3.63, 3.8) is 0 Å². The Bertz CT molecular complexity index is 226. The highest BCUT2D eigenvalue weighted by Gasteiger charge is 1.99. The molecule has 1 aromatic rings. The van der Waals surface area contributed by atoms with Crippen molar-refractivity contribution in [3.05, 3.63) is 5.01 Å². The molecule has 0 bridgehead atoms. The molecular weight excluding hydrogens is 174 g/mol. The van der Waals surface area contributed by atoms with Gasteiger partial charge >= 0.3 is 0 Å². The summed E-state index contributed by atoms with van der Waals surface area (Å²) in [5.41, 5.74) is 5.42. The van der Waals surface area contributed by atoms with Gasteiger partial charge in [-0.25, -0.2) is 0 Å². The van der Waals surface area contributed by atoms with Crippen molar-refractivity contribution in [2.24, 2.45) is 0 Å². The molecule has 0 atom stereocenters. The lowest BCUT2D eigenvalue weighted by Gasteiger charge is -1.97. The van der Waals surface area contributed by atoms with Gasteiger partial charge in [-0.1, -0.05) is 11.3 Å². The average Bonchev–Trinajstić information content (AvgIpc) is 2.45. The van der Waals surface area contributed by atoms with Crippen LogP contribution in [0.25, 0.3) is 0 Å². The Morgan fingerprint density at radius 2 is 2.33 bits per heavy atom. The van der Waals surface area contributed by atoms with Crippen LogP contribution in [0.15, 0.2) is 0 Å². The van der Waals surface area contributed by atoms with E-state index in [0.717, 1.165) is 31.1 Å². The molecule has 0 radical (unpaired) electrons. The number of nitrogens with zero attached hydrogens (tertiary/aromatic N) is 2. The second-order valence-electron chi connectivity index (χ2n) is 2.33. The summed E-state index contributed by atoms with van der Waals surface area (Å²) < 4.78 is 5.19. The fourth-order valence-electron chi connectivity index (χ4n) is 0.837. The van der Waals surface area contributed by atoms with Gasteiger partial charge in [-0.05, 0) is 13.3 Å². The molecule has 0 aliphatic heterocycles. The largest absolute Gasteiger partial charge is 0.382 e. The monoisotopic (exact) mass is 187 g/mol. The van der Waals surface area contributed by atoms with Crippen molar-refractivity contribution in [2.75, 3.05) is 18.9 Å². The fourth-order valence-corrected chi connectivity index (χ4v) is 1.49. The molecule has 68 valence electrons. The van der Waals surface area contributed by atoms with Crippen LogP contribution in [0.3, 0.4) is 0 Å². The minimum Gasteiger partial charge on any atom is -0.382 e. The molecule has 2 N–H and O–H groups in total. The Hall–Kier alpha value is -0.680. The van der Waals surface area contributed by atoms with Gasteiger partial charge in [-0.15, -0.1) is 10.2 Å². The predicted molar refractivity (Wildman–Crippen MR) is 49.1 cm³/mol. The van der Waals surface area contributed by atoms with E-state index in [4.69, 9.17) is 10.5 Å². The molecule has 1 heterocycles. The molecule has 0 amide bonds. The Kier molecular flexibility index (Phi) is 3.96. The van der Waals surface area contributed by atoms with Gasteiger partial charge in [0.05, 0.1) is 0 Å². The standard InChI is InChI=1S/C7H13N3OS/c1-2-11-5-3-4-6-9-10-7(8)12-6/h2-5H2,1H3,(H2,8,10). The van der Waals surface area contributed by atoms with Crippen molar-refractivity contribution >= 4 is 16.5 Å². The number of ether oxygens (including phenoxy) is 1. The second kappa shape index (κ2) is 5.05. The van der Waals surface area contributed by atoms with Gasteiger partial charge in [-0.3, -0.25) is 0 Å². The van der Waals surface area contributed by atoms with Crippen molar-refractivity contribution in [3.8, 4) is 0 Å². The Morgan fingerprint density at radius 3 is 2.92 bits per heavy atom. The van der Waals surface area contributed by atoms with E-state index in [9.17, 15) is 0 Å². The summed E-state index contributed by atoms with van der Waals surface area (Å²) >= 11 is 1.45. The van der Waals surface area contributed by atoms with Crippen LogP contribution in [-0.2, 0) is 11.2 Å². The highest BCUT2D eigenvalue weighted by Crippen LogP contribution is 2.12. The zero-order valence-corrected chi connectivity index (χ0v) is 7.93. The third-order valence-corrected chi connectivity index (χ3v) is 2.18. The van der Waals surface area contributed by atoms with Crippen molar-refractivity contribution in [1.29, 1.82) is 0 Å². The molecule has 0 spiro atoms. The van der Waals surface area contributed by atoms with Crippen LogP contribution in [0.1, 0.15) is 18.4 Å². The smallest absolute Gasteiger partial charge is 0.203 e. The quantitative estimate of drug-likeness (QED) is 0.701. The van der Waals surface area contributed by atoms with Crippen LogP contribution in [0.5, 0.6) is 0 Å². The Morgan fingerprint density at radius 1 is 1.50 bits per heavy atom. The molecule has 0 aliphatic rings. The molecule has 0 saturated carbocycles. The number of anilines is 1. The predicted octanol–water partition coefficient (Wildman–Crippen LogP) is 1.09. The van der Waals surface area contributed by atoms with Crippen molar-refractivity contribution in [1.82, 2.24) is 10.2 Å². The third kappa shape index (κ3) is 3.15. The first-order chi connectivity index (χ1) is 5.83. The summed E-state index contributed by atoms with van der Waals surface area (Å²) in [6.07, 6.45) is 1.90. The van der Waals surface area contributed by atoms with E-state index >= 15 is 0 Å². The molecule has 0 aliphatic carbocycles. The topological polar surface area (TPSA) is 61.0 Å². The lowest BCUT2D eigenvalue weighted by Crippen LogP contribution is -1.95. The number of hydrogen-bond acceptors (Lipinski definition) is 5. The van der Waals surface area contributed by atoms with Crippen molar-refractivity contribution in [2.45, 2.75) is 19.8 Å². The molecular formula is C7H13N3OS. The van der Waals surface area contributed by atoms with E-state index in [0.29, 0.717) is 5.13 Å². The molecule has 0 unspecified atom stereocenters. The lowest BCUT2D eigenvalue weighted by molar-refractivity contribution is 0.145. The minimum absolute atomic E-state index is 0.543. The molecule has 4 nitrogen and oxygen atoms in total.